The lowest BCUT2D eigenvalue weighted by Gasteiger charge is -2.16. The third kappa shape index (κ3) is 4.47. The summed E-state index contributed by atoms with van der Waals surface area (Å²) in [5.74, 6) is 1.25. The third-order valence-electron chi connectivity index (χ3n) is 4.91. The van der Waals surface area contributed by atoms with Crippen LogP contribution in [0.15, 0.2) is 30.3 Å². The van der Waals surface area contributed by atoms with Crippen LogP contribution in [0.4, 0.5) is 4.79 Å². The molecule has 2 N–H and O–H groups in total. The quantitative estimate of drug-likeness (QED) is 0.846. The minimum absolute atomic E-state index is 0.0112. The van der Waals surface area contributed by atoms with Gasteiger partial charge in [0, 0.05) is 25.7 Å². The zero-order valence-electron chi connectivity index (χ0n) is 13.4. The maximum atomic E-state index is 11.8. The Morgan fingerprint density at radius 2 is 2.09 bits per heavy atom. The number of likely N-dealkylation sites (tertiary alicyclic amines) is 1. The molecule has 3 rings (SSSR count). The molecule has 2 fully saturated rings. The molecule has 0 unspecified atom stereocenters. The fourth-order valence-corrected chi connectivity index (χ4v) is 3.19. The van der Waals surface area contributed by atoms with Crippen LogP contribution in [0.1, 0.15) is 25.3 Å². The van der Waals surface area contributed by atoms with Gasteiger partial charge in [0.25, 0.3) is 0 Å². The van der Waals surface area contributed by atoms with Crippen LogP contribution in [0, 0.1) is 11.8 Å². The highest BCUT2D eigenvalue weighted by Gasteiger charge is 2.34. The topological polar surface area (TPSA) is 44.4 Å². The normalized spacial score (nSPS) is 27.6. The predicted octanol–water partition coefficient (Wildman–Crippen LogP) is 2.26. The van der Waals surface area contributed by atoms with Gasteiger partial charge in [-0.05, 0) is 43.2 Å². The van der Waals surface area contributed by atoms with Crippen LogP contribution in [0.3, 0.4) is 0 Å². The van der Waals surface area contributed by atoms with Gasteiger partial charge in [0.2, 0.25) is 0 Å². The molecule has 1 saturated carbocycles. The van der Waals surface area contributed by atoms with Gasteiger partial charge in [0.05, 0.1) is 0 Å². The number of amides is 2. The summed E-state index contributed by atoms with van der Waals surface area (Å²) in [5, 5.41) is 6.06. The van der Waals surface area contributed by atoms with E-state index in [1.807, 2.05) is 0 Å². The van der Waals surface area contributed by atoms with Crippen LogP contribution in [-0.2, 0) is 6.42 Å². The number of nitrogens with zero attached hydrogens (tertiary/aromatic N) is 1. The lowest BCUT2D eigenvalue weighted by Crippen LogP contribution is -2.40. The molecule has 4 nitrogen and oxygen atoms in total. The Morgan fingerprint density at radius 1 is 1.32 bits per heavy atom. The summed E-state index contributed by atoms with van der Waals surface area (Å²) in [6.45, 7) is 6.35. The zero-order valence-corrected chi connectivity index (χ0v) is 13.4. The van der Waals surface area contributed by atoms with E-state index in [0.717, 1.165) is 39.0 Å². The van der Waals surface area contributed by atoms with Gasteiger partial charge in [-0.15, -0.1) is 0 Å². The molecule has 1 aliphatic heterocycles. The van der Waals surface area contributed by atoms with Crippen molar-refractivity contribution in [1.82, 2.24) is 15.5 Å². The Kier molecular flexibility index (Phi) is 4.98. The van der Waals surface area contributed by atoms with Gasteiger partial charge in [-0.2, -0.15) is 0 Å². The SMILES string of the molecule is C[C@@H]1C[C@H]1NC(=O)NC[C@H]1CCN(CCc2ccccc2)C1. The Hall–Kier alpha value is -1.55. The third-order valence-corrected chi connectivity index (χ3v) is 4.91. The first-order valence-corrected chi connectivity index (χ1v) is 8.51. The molecule has 22 heavy (non-hydrogen) atoms. The number of nitrogens with one attached hydrogen (secondary N) is 2. The van der Waals surface area contributed by atoms with Gasteiger partial charge in [0.1, 0.15) is 0 Å². The van der Waals surface area contributed by atoms with Crippen molar-refractivity contribution in [3.63, 3.8) is 0 Å². The van der Waals surface area contributed by atoms with E-state index in [4.69, 9.17) is 0 Å². The number of hydrogen-bond acceptors (Lipinski definition) is 2. The second-order valence-corrected chi connectivity index (χ2v) is 6.86. The zero-order chi connectivity index (χ0) is 15.4. The fourth-order valence-electron chi connectivity index (χ4n) is 3.19. The summed E-state index contributed by atoms with van der Waals surface area (Å²) >= 11 is 0. The first-order chi connectivity index (χ1) is 10.7. The second kappa shape index (κ2) is 7.14. The van der Waals surface area contributed by atoms with Gasteiger partial charge in [-0.3, -0.25) is 0 Å². The largest absolute Gasteiger partial charge is 0.338 e. The van der Waals surface area contributed by atoms with E-state index >= 15 is 0 Å². The molecule has 4 heteroatoms. The molecule has 1 aromatic rings. The van der Waals surface area contributed by atoms with Crippen LogP contribution in [0.5, 0.6) is 0 Å². The molecule has 1 aliphatic carbocycles. The molecule has 120 valence electrons. The minimum Gasteiger partial charge on any atom is -0.338 e. The van der Waals surface area contributed by atoms with Crippen molar-refractivity contribution in [2.24, 2.45) is 11.8 Å². The Balaban J connectivity index is 1.31. The van der Waals surface area contributed by atoms with Gasteiger partial charge < -0.3 is 15.5 Å². The monoisotopic (exact) mass is 301 g/mol. The number of carbonyl (C=O) groups is 1. The second-order valence-electron chi connectivity index (χ2n) is 6.86. The highest BCUT2D eigenvalue weighted by Crippen LogP contribution is 2.28. The smallest absolute Gasteiger partial charge is 0.315 e. The molecule has 3 atom stereocenters. The average molecular weight is 301 g/mol. The highest BCUT2D eigenvalue weighted by molar-refractivity contribution is 5.74. The average Bonchev–Trinajstić information content (AvgIpc) is 3.03. The van der Waals surface area contributed by atoms with Crippen LogP contribution in [0.2, 0.25) is 0 Å². The van der Waals surface area contributed by atoms with Crippen molar-refractivity contribution < 1.29 is 4.79 Å². The summed E-state index contributed by atoms with van der Waals surface area (Å²) in [6.07, 6.45) is 3.43. The predicted molar refractivity (Wildman–Crippen MR) is 88.8 cm³/mol. The van der Waals surface area contributed by atoms with E-state index in [0.29, 0.717) is 17.9 Å². The van der Waals surface area contributed by atoms with Crippen molar-refractivity contribution in [2.45, 2.75) is 32.2 Å². The number of hydrogen-bond donors (Lipinski definition) is 2. The molecular weight excluding hydrogens is 274 g/mol. The van der Waals surface area contributed by atoms with Gasteiger partial charge in [-0.1, -0.05) is 37.3 Å². The fraction of sp³-hybridized carbons (Fsp3) is 0.611. The van der Waals surface area contributed by atoms with E-state index in [1.54, 1.807) is 0 Å². The molecule has 0 spiro atoms. The number of rotatable bonds is 6. The van der Waals surface area contributed by atoms with Gasteiger partial charge >= 0.3 is 6.03 Å². The van der Waals surface area contributed by atoms with E-state index in [-0.39, 0.29) is 6.03 Å². The Labute approximate surface area is 133 Å². The molecule has 2 amide bonds. The minimum atomic E-state index is 0.0112. The van der Waals surface area contributed by atoms with Crippen LogP contribution in [-0.4, -0.2) is 43.2 Å². The lowest BCUT2D eigenvalue weighted by atomic mass is 10.1. The summed E-state index contributed by atoms with van der Waals surface area (Å²) in [4.78, 5) is 14.3. The first-order valence-electron chi connectivity index (χ1n) is 8.51. The molecule has 1 saturated heterocycles. The van der Waals surface area contributed by atoms with Crippen LogP contribution in [0.25, 0.3) is 0 Å². The van der Waals surface area contributed by atoms with Crippen LogP contribution >= 0.6 is 0 Å². The van der Waals surface area contributed by atoms with E-state index < -0.39 is 0 Å². The van der Waals surface area contributed by atoms with E-state index in [1.165, 1.54) is 12.0 Å². The number of urea groups is 1. The first kappa shape index (κ1) is 15.3. The molecule has 0 bridgehead atoms. The molecule has 1 aromatic carbocycles. The maximum Gasteiger partial charge on any atom is 0.315 e. The summed E-state index contributed by atoms with van der Waals surface area (Å²) in [6, 6.07) is 11.1. The van der Waals surface area contributed by atoms with Gasteiger partial charge in [0.15, 0.2) is 0 Å². The molecule has 0 aromatic heterocycles. The number of benzene rings is 1. The van der Waals surface area contributed by atoms with Gasteiger partial charge in [-0.25, -0.2) is 4.79 Å². The molecule has 2 aliphatic rings. The maximum absolute atomic E-state index is 11.8. The highest BCUT2D eigenvalue weighted by atomic mass is 16.2. The van der Waals surface area contributed by atoms with Crippen LogP contribution < -0.4 is 10.6 Å². The van der Waals surface area contributed by atoms with Crippen molar-refractivity contribution in [2.75, 3.05) is 26.2 Å². The lowest BCUT2D eigenvalue weighted by molar-refractivity contribution is 0.237. The Morgan fingerprint density at radius 3 is 2.82 bits per heavy atom. The standard InChI is InChI=1S/C18H27N3O/c1-14-11-17(14)20-18(22)19-12-16-8-10-21(13-16)9-7-15-5-3-2-4-6-15/h2-6,14,16-17H,7-13H2,1H3,(H2,19,20,22)/t14-,16-,17-/m1/s1. The summed E-state index contributed by atoms with van der Waals surface area (Å²) in [7, 11) is 0. The molecule has 0 radical (unpaired) electrons. The molecule has 1 heterocycles. The number of carbonyl (C=O) groups excluding carboxylic acids is 1. The van der Waals surface area contributed by atoms with Crippen molar-refractivity contribution in [3.05, 3.63) is 35.9 Å². The summed E-state index contributed by atoms with van der Waals surface area (Å²) < 4.78 is 0. The van der Waals surface area contributed by atoms with Crippen molar-refractivity contribution >= 4 is 6.03 Å². The van der Waals surface area contributed by atoms with E-state index in [2.05, 4.69) is 52.8 Å². The Bertz CT molecular complexity index is 490. The van der Waals surface area contributed by atoms with E-state index in [9.17, 15) is 4.79 Å². The molecular formula is C18H27N3O. The summed E-state index contributed by atoms with van der Waals surface area (Å²) in [5.41, 5.74) is 1.40. The van der Waals surface area contributed by atoms with Crippen molar-refractivity contribution in [3.8, 4) is 0 Å². The van der Waals surface area contributed by atoms with Crippen molar-refractivity contribution in [1.29, 1.82) is 0 Å².